The molecular formula is C16H12KNO6. The van der Waals surface area contributed by atoms with Crippen LogP contribution in [0.4, 0.5) is 0 Å². The minimum atomic E-state index is -1.23. The van der Waals surface area contributed by atoms with Crippen LogP contribution in [0.1, 0.15) is 42.9 Å². The van der Waals surface area contributed by atoms with Crippen LogP contribution in [0.3, 0.4) is 0 Å². The third-order valence-electron chi connectivity index (χ3n) is 3.03. The van der Waals surface area contributed by atoms with Gasteiger partial charge in [-0.1, -0.05) is 24.3 Å². The number of aromatic carboxylic acids is 2. The van der Waals surface area contributed by atoms with Crippen LogP contribution in [-0.4, -0.2) is 34.0 Å². The number of carbonyl (C=O) groups is 4. The van der Waals surface area contributed by atoms with Gasteiger partial charge in [0.2, 0.25) is 0 Å². The van der Waals surface area contributed by atoms with Crippen molar-refractivity contribution in [2.45, 2.75) is 0 Å². The molecule has 2 aromatic rings. The van der Waals surface area contributed by atoms with Gasteiger partial charge in [-0.3, -0.25) is 14.9 Å². The first-order chi connectivity index (χ1) is 10.9. The van der Waals surface area contributed by atoms with E-state index < -0.39 is 11.9 Å². The SMILES string of the molecule is O=C(O)c1ccccc1C(=O)O.O=C1NC(=O)c2ccccc21.[H-].[K+]. The molecule has 0 aliphatic carbocycles. The van der Waals surface area contributed by atoms with Crippen LogP contribution in [-0.2, 0) is 0 Å². The monoisotopic (exact) mass is 353 g/mol. The van der Waals surface area contributed by atoms with E-state index in [-0.39, 0.29) is 75.8 Å². The molecule has 2 aromatic carbocycles. The first-order valence-corrected chi connectivity index (χ1v) is 6.42. The molecule has 1 aliphatic heterocycles. The minimum absolute atomic E-state index is 0. The standard InChI is InChI=1S/C8H5NO2.C8H6O4.K.H/c10-7-5-3-1-2-4-6(5)8(11)9-7;9-7(10)5-3-1-2-4-6(5)8(11)12;;/h1-4H,(H,9,10,11);1-4H,(H,9,10)(H,11,12);;/q;;+1;-1. The Balaban J connectivity index is 0.000000427. The number of carboxylic acids is 2. The summed E-state index contributed by atoms with van der Waals surface area (Å²) < 4.78 is 0. The molecule has 0 radical (unpaired) electrons. The number of benzene rings is 2. The molecule has 1 aliphatic rings. The van der Waals surface area contributed by atoms with Crippen LogP contribution in [0, 0.1) is 0 Å². The van der Waals surface area contributed by atoms with E-state index in [0.717, 1.165) is 0 Å². The zero-order valence-corrected chi connectivity index (χ0v) is 15.8. The fourth-order valence-electron chi connectivity index (χ4n) is 1.97. The topological polar surface area (TPSA) is 121 Å². The number of fused-ring (bicyclic) bond motifs is 1. The molecule has 3 rings (SSSR count). The summed E-state index contributed by atoms with van der Waals surface area (Å²) in [4.78, 5) is 42.8. The van der Waals surface area contributed by atoms with Gasteiger partial charge in [-0.05, 0) is 24.3 Å². The number of hydrogen-bond donors (Lipinski definition) is 3. The quantitative estimate of drug-likeness (QED) is 0.459. The van der Waals surface area contributed by atoms with Crippen LogP contribution in [0.25, 0.3) is 0 Å². The number of rotatable bonds is 2. The fourth-order valence-corrected chi connectivity index (χ4v) is 1.97. The molecule has 1 heterocycles. The smallest absolute Gasteiger partial charge is 1.00 e. The Morgan fingerprint density at radius 3 is 1.42 bits per heavy atom. The van der Waals surface area contributed by atoms with Gasteiger partial charge in [0, 0.05) is 0 Å². The Kier molecular flexibility index (Phi) is 7.45. The van der Waals surface area contributed by atoms with E-state index in [1.54, 1.807) is 24.3 Å². The molecule has 0 aromatic heterocycles. The fraction of sp³-hybridized carbons (Fsp3) is 0. The summed E-state index contributed by atoms with van der Waals surface area (Å²) in [5.41, 5.74) is 0.560. The molecular weight excluding hydrogens is 341 g/mol. The molecule has 8 heteroatoms. The maximum atomic E-state index is 10.9. The van der Waals surface area contributed by atoms with Crippen molar-refractivity contribution in [2.75, 3.05) is 0 Å². The Labute approximate surface area is 180 Å². The van der Waals surface area contributed by atoms with E-state index in [4.69, 9.17) is 10.2 Å². The average molecular weight is 353 g/mol. The third kappa shape index (κ3) is 4.59. The summed E-state index contributed by atoms with van der Waals surface area (Å²) in [5, 5.41) is 19.3. The second-order valence-corrected chi connectivity index (χ2v) is 4.48. The summed E-state index contributed by atoms with van der Waals surface area (Å²) in [6.45, 7) is 0. The van der Waals surface area contributed by atoms with Crippen LogP contribution in [0.5, 0.6) is 0 Å². The molecule has 7 nitrogen and oxygen atoms in total. The van der Waals surface area contributed by atoms with Crippen molar-refractivity contribution >= 4 is 23.8 Å². The molecule has 2 amide bonds. The molecule has 0 atom stereocenters. The summed E-state index contributed by atoms with van der Waals surface area (Å²) in [6, 6.07) is 12.2. The van der Waals surface area contributed by atoms with Gasteiger partial charge in [-0.2, -0.15) is 0 Å². The van der Waals surface area contributed by atoms with Gasteiger partial charge in [0.05, 0.1) is 22.3 Å². The van der Waals surface area contributed by atoms with Crippen molar-refractivity contribution in [1.82, 2.24) is 5.32 Å². The van der Waals surface area contributed by atoms with E-state index in [0.29, 0.717) is 11.1 Å². The molecule has 118 valence electrons. The van der Waals surface area contributed by atoms with Crippen LogP contribution in [0.2, 0.25) is 0 Å². The molecule has 0 fully saturated rings. The predicted molar refractivity (Wildman–Crippen MR) is 79.7 cm³/mol. The summed E-state index contributed by atoms with van der Waals surface area (Å²) in [7, 11) is 0. The third-order valence-corrected chi connectivity index (χ3v) is 3.03. The molecule has 0 bridgehead atoms. The Morgan fingerprint density at radius 2 is 1.08 bits per heavy atom. The molecule has 3 N–H and O–H groups in total. The maximum Gasteiger partial charge on any atom is 1.00 e. The Bertz CT molecular complexity index is 758. The molecule has 0 saturated carbocycles. The first-order valence-electron chi connectivity index (χ1n) is 6.42. The molecule has 0 spiro atoms. The van der Waals surface area contributed by atoms with Crippen molar-refractivity contribution in [1.29, 1.82) is 0 Å². The van der Waals surface area contributed by atoms with Gasteiger partial charge in [-0.25, -0.2) is 9.59 Å². The van der Waals surface area contributed by atoms with Gasteiger partial charge in [0.1, 0.15) is 0 Å². The largest absolute Gasteiger partial charge is 1.00 e. The normalized spacial score (nSPS) is 11.3. The summed E-state index contributed by atoms with van der Waals surface area (Å²) in [5.74, 6) is -3.06. The van der Waals surface area contributed by atoms with E-state index >= 15 is 0 Å². The van der Waals surface area contributed by atoms with E-state index in [9.17, 15) is 19.2 Å². The Morgan fingerprint density at radius 1 is 0.750 bits per heavy atom. The van der Waals surface area contributed by atoms with Gasteiger partial charge in [0.25, 0.3) is 11.8 Å². The summed E-state index contributed by atoms with van der Waals surface area (Å²) in [6.07, 6.45) is 0. The van der Waals surface area contributed by atoms with Crippen LogP contribution >= 0.6 is 0 Å². The van der Waals surface area contributed by atoms with Crippen molar-refractivity contribution in [3.8, 4) is 0 Å². The maximum absolute atomic E-state index is 10.9. The minimum Gasteiger partial charge on any atom is -1.00 e. The number of nitrogens with one attached hydrogen (secondary N) is 1. The number of hydrogen-bond acceptors (Lipinski definition) is 4. The first kappa shape index (κ1) is 20.2. The van der Waals surface area contributed by atoms with Crippen LogP contribution in [0.15, 0.2) is 48.5 Å². The summed E-state index contributed by atoms with van der Waals surface area (Å²) >= 11 is 0. The average Bonchev–Trinajstić information content (AvgIpc) is 2.83. The van der Waals surface area contributed by atoms with Crippen molar-refractivity contribution in [2.24, 2.45) is 0 Å². The number of imide groups is 1. The molecule has 0 saturated heterocycles. The second kappa shape index (κ2) is 8.85. The van der Waals surface area contributed by atoms with Crippen molar-refractivity contribution < 1.29 is 82.2 Å². The number of carbonyl (C=O) groups excluding carboxylic acids is 2. The molecule has 0 unspecified atom stereocenters. The van der Waals surface area contributed by atoms with E-state index in [1.165, 1.54) is 24.3 Å². The number of amides is 2. The van der Waals surface area contributed by atoms with Gasteiger partial charge < -0.3 is 11.6 Å². The number of carboxylic acid groups (broad SMARTS) is 2. The zero-order chi connectivity index (χ0) is 17.0. The predicted octanol–water partition coefficient (Wildman–Crippen LogP) is -1.23. The van der Waals surface area contributed by atoms with E-state index in [2.05, 4.69) is 5.32 Å². The molecule has 24 heavy (non-hydrogen) atoms. The van der Waals surface area contributed by atoms with Gasteiger partial charge >= 0.3 is 63.3 Å². The van der Waals surface area contributed by atoms with Crippen molar-refractivity contribution in [3.05, 3.63) is 70.8 Å². The van der Waals surface area contributed by atoms with Crippen molar-refractivity contribution in [3.63, 3.8) is 0 Å². The second-order valence-electron chi connectivity index (χ2n) is 4.48. The van der Waals surface area contributed by atoms with Gasteiger partial charge in [-0.15, -0.1) is 0 Å². The van der Waals surface area contributed by atoms with E-state index in [1.807, 2.05) is 0 Å². The Hall–Kier alpha value is -1.84. The van der Waals surface area contributed by atoms with Gasteiger partial charge in [0.15, 0.2) is 0 Å². The van der Waals surface area contributed by atoms with Crippen LogP contribution < -0.4 is 56.7 Å². The zero-order valence-electron chi connectivity index (χ0n) is 13.6.